The van der Waals surface area contributed by atoms with Gasteiger partial charge in [0.05, 0.1) is 17.4 Å². The van der Waals surface area contributed by atoms with E-state index in [1.165, 1.54) is 0 Å². The molecule has 1 heterocycles. The van der Waals surface area contributed by atoms with Gasteiger partial charge in [0, 0.05) is 10.3 Å². The zero-order valence-corrected chi connectivity index (χ0v) is 10.1. The van der Waals surface area contributed by atoms with Crippen LogP contribution >= 0.6 is 24.2 Å². The number of nitrogen functional groups attached to an aromatic ring is 1. The van der Waals surface area contributed by atoms with Crippen molar-refractivity contribution in [2.45, 2.75) is 11.8 Å². The van der Waals surface area contributed by atoms with Crippen LogP contribution in [0.25, 0.3) is 10.9 Å². The fourth-order valence-corrected chi connectivity index (χ4v) is 2.27. The molecule has 0 saturated heterocycles. The number of fused-ring (bicyclic) bond motifs is 1. The number of anilines is 1. The van der Waals surface area contributed by atoms with Crippen molar-refractivity contribution in [1.82, 2.24) is 4.98 Å². The van der Waals surface area contributed by atoms with Gasteiger partial charge in [0.15, 0.2) is 0 Å². The molecule has 0 aliphatic heterocycles. The van der Waals surface area contributed by atoms with Crippen LogP contribution in [0.15, 0.2) is 35.4 Å². The predicted molar refractivity (Wildman–Crippen MR) is 69.8 cm³/mol. The zero-order chi connectivity index (χ0) is 9.97. The van der Waals surface area contributed by atoms with E-state index in [1.54, 1.807) is 18.0 Å². The lowest BCUT2D eigenvalue weighted by Gasteiger charge is -2.07. The number of pyridine rings is 1. The van der Waals surface area contributed by atoms with Gasteiger partial charge in [-0.05, 0) is 11.8 Å². The average Bonchev–Trinajstić information content (AvgIpc) is 2.23. The molecule has 0 unspecified atom stereocenters. The third kappa shape index (κ3) is 2.36. The summed E-state index contributed by atoms with van der Waals surface area (Å²) >= 11 is 1.77. The number of aromatic nitrogens is 1. The van der Waals surface area contributed by atoms with Crippen molar-refractivity contribution < 1.29 is 0 Å². The molecule has 0 aliphatic rings. The Bertz CT molecular complexity index is 459. The van der Waals surface area contributed by atoms with Crippen molar-refractivity contribution in [2.75, 3.05) is 11.5 Å². The Hall–Kier alpha value is -0.930. The minimum absolute atomic E-state index is 0. The van der Waals surface area contributed by atoms with Crippen LogP contribution in [0.4, 0.5) is 5.69 Å². The van der Waals surface area contributed by atoms with Gasteiger partial charge >= 0.3 is 0 Å². The van der Waals surface area contributed by atoms with Crippen LogP contribution in [-0.4, -0.2) is 10.7 Å². The van der Waals surface area contributed by atoms with Gasteiger partial charge in [-0.15, -0.1) is 24.2 Å². The summed E-state index contributed by atoms with van der Waals surface area (Å²) in [5.74, 6) is 1.03. The first-order chi connectivity index (χ1) is 6.83. The monoisotopic (exact) mass is 240 g/mol. The summed E-state index contributed by atoms with van der Waals surface area (Å²) in [7, 11) is 0. The smallest absolute Gasteiger partial charge is 0.0714 e. The highest BCUT2D eigenvalue weighted by molar-refractivity contribution is 7.99. The van der Waals surface area contributed by atoms with Crippen molar-refractivity contribution >= 4 is 40.8 Å². The maximum atomic E-state index is 5.89. The van der Waals surface area contributed by atoms with E-state index >= 15 is 0 Å². The summed E-state index contributed by atoms with van der Waals surface area (Å²) in [5.41, 5.74) is 7.67. The van der Waals surface area contributed by atoms with E-state index in [-0.39, 0.29) is 12.4 Å². The van der Waals surface area contributed by atoms with Gasteiger partial charge in [-0.3, -0.25) is 4.98 Å². The molecule has 0 saturated carbocycles. The fourth-order valence-electron chi connectivity index (χ4n) is 1.44. The number of rotatable bonds is 2. The Kier molecular flexibility index (Phi) is 4.24. The van der Waals surface area contributed by atoms with E-state index in [1.807, 2.05) is 18.2 Å². The number of halogens is 1. The van der Waals surface area contributed by atoms with E-state index in [9.17, 15) is 0 Å². The van der Waals surface area contributed by atoms with Gasteiger partial charge in [0.25, 0.3) is 0 Å². The molecule has 15 heavy (non-hydrogen) atoms. The van der Waals surface area contributed by atoms with Crippen molar-refractivity contribution in [1.29, 1.82) is 0 Å². The van der Waals surface area contributed by atoms with Crippen LogP contribution in [0, 0.1) is 0 Å². The number of hydrogen-bond acceptors (Lipinski definition) is 3. The molecule has 2 aromatic rings. The number of thioether (sulfide) groups is 1. The molecule has 0 amide bonds. The summed E-state index contributed by atoms with van der Waals surface area (Å²) in [6.07, 6.45) is 1.74. The molecule has 0 fully saturated rings. The fraction of sp³-hybridized carbons (Fsp3) is 0.182. The number of para-hydroxylation sites is 1. The lowest BCUT2D eigenvalue weighted by Crippen LogP contribution is -1.92. The molecule has 0 bridgehead atoms. The van der Waals surface area contributed by atoms with E-state index in [0.717, 1.165) is 27.2 Å². The minimum Gasteiger partial charge on any atom is -0.397 e. The Morgan fingerprint density at radius 1 is 1.33 bits per heavy atom. The number of nitrogens with zero attached hydrogens (tertiary/aromatic N) is 1. The Morgan fingerprint density at radius 2 is 2.07 bits per heavy atom. The van der Waals surface area contributed by atoms with Crippen molar-refractivity contribution in [2.24, 2.45) is 0 Å². The number of hydrogen-bond donors (Lipinski definition) is 1. The molecular formula is C11H13ClN2S. The van der Waals surface area contributed by atoms with Crippen LogP contribution in [0.3, 0.4) is 0 Å². The minimum atomic E-state index is 0. The molecule has 0 spiro atoms. The number of nitrogens with two attached hydrogens (primary N) is 1. The number of benzene rings is 1. The normalized spacial score (nSPS) is 9.93. The molecule has 0 radical (unpaired) electrons. The molecule has 4 heteroatoms. The van der Waals surface area contributed by atoms with Gasteiger partial charge in [-0.2, -0.15) is 0 Å². The maximum absolute atomic E-state index is 5.89. The van der Waals surface area contributed by atoms with Crippen molar-refractivity contribution in [3.8, 4) is 0 Å². The summed E-state index contributed by atoms with van der Waals surface area (Å²) in [4.78, 5) is 5.44. The largest absolute Gasteiger partial charge is 0.397 e. The third-order valence-electron chi connectivity index (χ3n) is 2.04. The van der Waals surface area contributed by atoms with E-state index in [0.29, 0.717) is 0 Å². The second-order valence-electron chi connectivity index (χ2n) is 2.99. The summed E-state index contributed by atoms with van der Waals surface area (Å²) in [6, 6.07) is 8.08. The van der Waals surface area contributed by atoms with Gasteiger partial charge in [-0.1, -0.05) is 25.1 Å². The molecule has 80 valence electrons. The molecule has 2 rings (SSSR count). The molecule has 1 aromatic carbocycles. The summed E-state index contributed by atoms with van der Waals surface area (Å²) < 4.78 is 0. The first kappa shape index (κ1) is 12.1. The van der Waals surface area contributed by atoms with Gasteiger partial charge in [0.1, 0.15) is 0 Å². The highest BCUT2D eigenvalue weighted by atomic mass is 35.5. The van der Waals surface area contributed by atoms with Crippen molar-refractivity contribution in [3.05, 3.63) is 30.5 Å². The van der Waals surface area contributed by atoms with Gasteiger partial charge in [-0.25, -0.2) is 0 Å². The summed E-state index contributed by atoms with van der Waals surface area (Å²) in [5, 5.41) is 1.15. The molecule has 2 N–H and O–H groups in total. The SMILES string of the molecule is CCSc1c(N)cnc2ccccc12.Cl. The average molecular weight is 241 g/mol. The lowest BCUT2D eigenvalue weighted by atomic mass is 10.2. The first-order valence-corrected chi connectivity index (χ1v) is 5.57. The first-order valence-electron chi connectivity index (χ1n) is 4.59. The lowest BCUT2D eigenvalue weighted by molar-refractivity contribution is 1.35. The third-order valence-corrected chi connectivity index (χ3v) is 3.08. The van der Waals surface area contributed by atoms with Crippen LogP contribution in [0.2, 0.25) is 0 Å². The van der Waals surface area contributed by atoms with Crippen LogP contribution in [0.1, 0.15) is 6.92 Å². The molecular weight excluding hydrogens is 228 g/mol. The highest BCUT2D eigenvalue weighted by Crippen LogP contribution is 2.31. The van der Waals surface area contributed by atoms with Crippen LogP contribution < -0.4 is 5.73 Å². The Morgan fingerprint density at radius 3 is 2.80 bits per heavy atom. The van der Waals surface area contributed by atoms with Gasteiger partial charge < -0.3 is 5.73 Å². The van der Waals surface area contributed by atoms with E-state index in [4.69, 9.17) is 5.73 Å². The molecule has 0 aliphatic carbocycles. The summed E-state index contributed by atoms with van der Waals surface area (Å²) in [6.45, 7) is 2.12. The maximum Gasteiger partial charge on any atom is 0.0714 e. The Labute approximate surface area is 99.7 Å². The topological polar surface area (TPSA) is 38.9 Å². The Balaban J connectivity index is 0.00000112. The predicted octanol–water partition coefficient (Wildman–Crippen LogP) is 3.35. The van der Waals surface area contributed by atoms with Crippen LogP contribution in [-0.2, 0) is 0 Å². The van der Waals surface area contributed by atoms with Gasteiger partial charge in [0.2, 0.25) is 0 Å². The molecule has 0 atom stereocenters. The van der Waals surface area contributed by atoms with E-state index < -0.39 is 0 Å². The molecule has 1 aromatic heterocycles. The highest BCUT2D eigenvalue weighted by Gasteiger charge is 2.04. The second-order valence-corrected chi connectivity index (χ2v) is 4.27. The van der Waals surface area contributed by atoms with Crippen molar-refractivity contribution in [3.63, 3.8) is 0 Å². The zero-order valence-electron chi connectivity index (χ0n) is 8.43. The van der Waals surface area contributed by atoms with E-state index in [2.05, 4.69) is 18.0 Å². The second kappa shape index (κ2) is 5.24. The molecule has 2 nitrogen and oxygen atoms in total. The van der Waals surface area contributed by atoms with Crippen LogP contribution in [0.5, 0.6) is 0 Å². The standard InChI is InChI=1S/C11H12N2S.ClH/c1-2-14-11-8-5-3-4-6-10(8)13-7-9(11)12;/h3-7H,2,12H2,1H3;1H. The quantitative estimate of drug-likeness (QED) is 0.819.